The minimum atomic E-state index is -0.0465. The Labute approximate surface area is 185 Å². The Morgan fingerprint density at radius 3 is 2.81 bits per heavy atom. The van der Waals surface area contributed by atoms with Gasteiger partial charge >= 0.3 is 12.0 Å². The van der Waals surface area contributed by atoms with E-state index in [1.165, 1.54) is 18.4 Å². The number of carbonyl (C=O) groups is 1. The van der Waals surface area contributed by atoms with Gasteiger partial charge in [-0.15, -0.1) is 16.3 Å². The van der Waals surface area contributed by atoms with Gasteiger partial charge < -0.3 is 20.1 Å². The molecule has 0 saturated heterocycles. The number of rotatable bonds is 4. The van der Waals surface area contributed by atoms with Crippen molar-refractivity contribution in [2.75, 3.05) is 19.0 Å². The fourth-order valence-electron chi connectivity index (χ4n) is 3.49. The van der Waals surface area contributed by atoms with Gasteiger partial charge in [0.1, 0.15) is 4.88 Å². The maximum Gasteiger partial charge on any atom is 0.330 e. The number of carbonyl (C=O) groups excluding carboxylic acids is 1. The summed E-state index contributed by atoms with van der Waals surface area (Å²) in [6, 6.07) is 7.62. The summed E-state index contributed by atoms with van der Waals surface area (Å²) in [4.78, 5) is 29.7. The molecule has 3 aromatic heterocycles. The number of nitrogens with zero attached hydrogens (tertiary/aromatic N) is 4. The molecule has 5 rings (SSSR count). The molecule has 4 heterocycles. The van der Waals surface area contributed by atoms with Gasteiger partial charge in [-0.05, 0) is 36.2 Å². The molecule has 0 saturated carbocycles. The Morgan fingerprint density at radius 1 is 1.16 bits per heavy atom. The molecule has 0 aliphatic carbocycles. The molecular formula is C20H17ClN6O3S. The van der Waals surface area contributed by atoms with E-state index in [4.69, 9.17) is 21.1 Å². The number of fused-ring (bicyclic) bond motifs is 5. The fraction of sp³-hybridized carbons (Fsp3) is 0.250. The van der Waals surface area contributed by atoms with Crippen molar-refractivity contribution in [3.05, 3.63) is 34.4 Å². The van der Waals surface area contributed by atoms with Crippen LogP contribution in [0, 0.1) is 0 Å². The van der Waals surface area contributed by atoms with Gasteiger partial charge in [0.2, 0.25) is 11.2 Å². The summed E-state index contributed by atoms with van der Waals surface area (Å²) in [7, 11) is 1.43. The van der Waals surface area contributed by atoms with Gasteiger partial charge in [0.05, 0.1) is 18.3 Å². The normalized spacial score (nSPS) is 15.8. The Bertz CT molecular complexity index is 1330. The van der Waals surface area contributed by atoms with Crippen molar-refractivity contribution < 1.29 is 14.3 Å². The summed E-state index contributed by atoms with van der Waals surface area (Å²) in [6.45, 7) is 2.73. The first kappa shape index (κ1) is 19.7. The number of benzene rings is 1. The number of thiophene rings is 1. The minimum Gasteiger partial charge on any atom is -0.467 e. The minimum absolute atomic E-state index is 0.0156. The molecule has 1 aliphatic rings. The lowest BCUT2D eigenvalue weighted by Gasteiger charge is -2.13. The molecule has 2 N–H and O–H groups in total. The molecule has 9 nitrogen and oxygen atoms in total. The van der Waals surface area contributed by atoms with Crippen LogP contribution < -0.4 is 20.1 Å². The molecule has 158 valence electrons. The lowest BCUT2D eigenvalue weighted by atomic mass is 10.1. The number of aromatic nitrogens is 4. The Morgan fingerprint density at radius 2 is 2.00 bits per heavy atom. The van der Waals surface area contributed by atoms with Crippen molar-refractivity contribution in [1.82, 2.24) is 25.3 Å². The smallest absolute Gasteiger partial charge is 0.330 e. The highest BCUT2D eigenvalue weighted by Crippen LogP contribution is 2.41. The largest absolute Gasteiger partial charge is 0.467 e. The highest BCUT2D eigenvalue weighted by molar-refractivity contribution is 7.21. The number of hydrogen-bond acceptors (Lipinski definition) is 9. The molecule has 0 unspecified atom stereocenters. The summed E-state index contributed by atoms with van der Waals surface area (Å²) in [5.41, 5.74) is 1.57. The number of ether oxygens (including phenoxy) is 2. The second-order valence-electron chi connectivity index (χ2n) is 6.90. The zero-order valence-electron chi connectivity index (χ0n) is 16.6. The van der Waals surface area contributed by atoms with Gasteiger partial charge in [-0.1, -0.05) is 6.92 Å². The highest BCUT2D eigenvalue weighted by Gasteiger charge is 2.25. The lowest BCUT2D eigenvalue weighted by Crippen LogP contribution is -2.36. The van der Waals surface area contributed by atoms with Crippen LogP contribution in [0.1, 0.15) is 23.0 Å². The van der Waals surface area contributed by atoms with Crippen molar-refractivity contribution in [2.24, 2.45) is 0 Å². The average Bonchev–Trinajstić information content (AvgIpc) is 3.07. The van der Waals surface area contributed by atoms with Crippen LogP contribution in [0.25, 0.3) is 21.0 Å². The van der Waals surface area contributed by atoms with Crippen molar-refractivity contribution in [2.45, 2.75) is 19.4 Å². The second-order valence-corrected chi connectivity index (χ2v) is 8.29. The molecule has 0 spiro atoms. The van der Waals surface area contributed by atoms with E-state index in [-0.39, 0.29) is 29.3 Å². The topological polar surface area (TPSA) is 111 Å². The molecule has 0 radical (unpaired) electrons. The Hall–Kier alpha value is -3.24. The van der Waals surface area contributed by atoms with E-state index in [2.05, 4.69) is 37.5 Å². The van der Waals surface area contributed by atoms with Crippen LogP contribution in [0.3, 0.4) is 0 Å². The Balaban J connectivity index is 1.57. The molecular weight excluding hydrogens is 440 g/mol. The van der Waals surface area contributed by atoms with Crippen LogP contribution in [0.5, 0.6) is 17.9 Å². The number of halogens is 1. The third-order valence-corrected chi connectivity index (χ3v) is 6.32. The van der Waals surface area contributed by atoms with Crippen LogP contribution in [0.2, 0.25) is 5.28 Å². The van der Waals surface area contributed by atoms with Gasteiger partial charge in [0, 0.05) is 34.1 Å². The van der Waals surface area contributed by atoms with Crippen molar-refractivity contribution in [3.63, 3.8) is 0 Å². The number of pyridine rings is 1. The molecule has 0 bridgehead atoms. The third-order valence-electron chi connectivity index (χ3n) is 5.00. The van der Waals surface area contributed by atoms with Crippen LogP contribution in [-0.2, 0) is 0 Å². The Kier molecular flexibility index (Phi) is 4.95. The predicted molar refractivity (Wildman–Crippen MR) is 119 cm³/mol. The zero-order valence-corrected chi connectivity index (χ0v) is 18.2. The van der Waals surface area contributed by atoms with Gasteiger partial charge in [0.15, 0.2) is 0 Å². The van der Waals surface area contributed by atoms with Crippen molar-refractivity contribution in [3.8, 4) is 17.9 Å². The maximum atomic E-state index is 12.7. The van der Waals surface area contributed by atoms with E-state index >= 15 is 0 Å². The summed E-state index contributed by atoms with van der Waals surface area (Å²) < 4.78 is 11.7. The zero-order chi connectivity index (χ0) is 21.5. The molecule has 0 fully saturated rings. The summed E-state index contributed by atoms with van der Waals surface area (Å²) in [5, 5.41) is 8.39. The van der Waals surface area contributed by atoms with E-state index in [1.54, 1.807) is 6.07 Å². The molecule has 1 amide bonds. The first-order chi connectivity index (χ1) is 15.1. The molecule has 1 atom stereocenters. The number of anilines is 1. The van der Waals surface area contributed by atoms with Gasteiger partial charge in [0.25, 0.3) is 5.91 Å². The summed E-state index contributed by atoms with van der Waals surface area (Å²) in [5.74, 6) is 0.254. The lowest BCUT2D eigenvalue weighted by molar-refractivity contribution is 0.0945. The number of hydrogen-bond donors (Lipinski definition) is 2. The maximum absolute atomic E-state index is 12.7. The second kappa shape index (κ2) is 7.78. The standard InChI is InChI=1S/C20H17ClN6O3S/c1-3-9-8-22-15-14-10-4-7-13(30-20-26-18(21)25-19(27-20)29-2)24-11(10)5-6-12(14)31-16(15)17(28)23-9/h4-7,9,22H,3,8H2,1-2H3,(H,23,28)/t9-/m1/s1. The van der Waals surface area contributed by atoms with Gasteiger partial charge in [-0.2, -0.15) is 9.97 Å². The van der Waals surface area contributed by atoms with Crippen molar-refractivity contribution >= 4 is 55.5 Å². The molecule has 11 heteroatoms. The predicted octanol–water partition coefficient (Wildman–Crippen LogP) is 4.02. The number of nitrogens with one attached hydrogen (secondary N) is 2. The van der Waals surface area contributed by atoms with Crippen LogP contribution in [0.15, 0.2) is 24.3 Å². The van der Waals surface area contributed by atoms with Crippen molar-refractivity contribution in [1.29, 1.82) is 0 Å². The number of amides is 1. The quantitative estimate of drug-likeness (QED) is 0.473. The molecule has 1 aliphatic heterocycles. The average molecular weight is 457 g/mol. The van der Waals surface area contributed by atoms with Gasteiger partial charge in [-0.25, -0.2) is 4.98 Å². The van der Waals surface area contributed by atoms with Crippen LogP contribution in [-0.4, -0.2) is 45.5 Å². The van der Waals surface area contributed by atoms with E-state index < -0.39 is 0 Å². The van der Waals surface area contributed by atoms with Crippen LogP contribution >= 0.6 is 22.9 Å². The molecule has 31 heavy (non-hydrogen) atoms. The molecule has 4 aromatic rings. The fourth-order valence-corrected chi connectivity index (χ4v) is 4.73. The van der Waals surface area contributed by atoms with E-state index in [9.17, 15) is 4.79 Å². The first-order valence-electron chi connectivity index (χ1n) is 9.60. The highest BCUT2D eigenvalue weighted by atomic mass is 35.5. The summed E-state index contributed by atoms with van der Waals surface area (Å²) >= 11 is 7.35. The molecule has 1 aromatic carbocycles. The first-order valence-corrected chi connectivity index (χ1v) is 10.8. The van der Waals surface area contributed by atoms with Gasteiger partial charge in [-0.3, -0.25) is 4.79 Å². The SMILES string of the molecule is CC[C@@H]1CNc2c(sc3ccc4nc(Oc5nc(Cl)nc(OC)n5)ccc4c23)C(=O)N1. The third kappa shape index (κ3) is 3.57. The van der Waals surface area contributed by atoms with Crippen LogP contribution in [0.4, 0.5) is 5.69 Å². The van der Waals surface area contributed by atoms with E-state index in [0.29, 0.717) is 17.3 Å². The number of methoxy groups -OCH3 is 1. The van der Waals surface area contributed by atoms with E-state index in [0.717, 1.165) is 33.1 Å². The summed E-state index contributed by atoms with van der Waals surface area (Å²) in [6.07, 6.45) is 0.862. The monoisotopic (exact) mass is 456 g/mol. The van der Waals surface area contributed by atoms with E-state index in [1.807, 2.05) is 18.2 Å².